The van der Waals surface area contributed by atoms with Gasteiger partial charge in [0.15, 0.2) is 0 Å². The van der Waals surface area contributed by atoms with Gasteiger partial charge >= 0.3 is 0 Å². The van der Waals surface area contributed by atoms with Crippen LogP contribution in [-0.2, 0) is 0 Å². The minimum Gasteiger partial charge on any atom is -0.369 e. The largest absolute Gasteiger partial charge is 0.369 e. The summed E-state index contributed by atoms with van der Waals surface area (Å²) in [4.78, 5) is 5.17. The Kier molecular flexibility index (Phi) is 4.04. The van der Waals surface area contributed by atoms with Gasteiger partial charge in [-0.25, -0.2) is 0 Å². The van der Waals surface area contributed by atoms with Crippen LogP contribution in [0.25, 0.3) is 0 Å². The number of nitrogens with one attached hydrogen (secondary N) is 1. The predicted octanol–water partition coefficient (Wildman–Crippen LogP) is 1.73. The van der Waals surface area contributed by atoms with E-state index in [-0.39, 0.29) is 0 Å². The molecule has 3 heteroatoms. The van der Waals surface area contributed by atoms with E-state index in [1.807, 2.05) is 0 Å². The molecule has 3 nitrogen and oxygen atoms in total. The first-order valence-corrected chi connectivity index (χ1v) is 7.56. The molecule has 1 atom stereocenters. The van der Waals surface area contributed by atoms with Crippen molar-refractivity contribution >= 4 is 5.69 Å². The molecule has 0 radical (unpaired) electrons. The van der Waals surface area contributed by atoms with Crippen LogP contribution >= 0.6 is 0 Å². The van der Waals surface area contributed by atoms with Crippen LogP contribution in [0.1, 0.15) is 12.0 Å². The standard InChI is InChI=1S/C16H25N3/c1-14-3-2-4-16(11-14)19-9-7-18(8-10-19)13-15-5-6-17-12-15/h2-4,11,15,17H,5-10,12-13H2,1H3. The molecular formula is C16H25N3. The van der Waals surface area contributed by atoms with Crippen LogP contribution in [0.4, 0.5) is 5.69 Å². The molecule has 19 heavy (non-hydrogen) atoms. The van der Waals surface area contributed by atoms with Gasteiger partial charge in [-0.2, -0.15) is 0 Å². The van der Waals surface area contributed by atoms with Crippen LogP contribution < -0.4 is 10.2 Å². The lowest BCUT2D eigenvalue weighted by Crippen LogP contribution is -2.48. The fourth-order valence-corrected chi connectivity index (χ4v) is 3.25. The number of benzene rings is 1. The number of hydrogen-bond donors (Lipinski definition) is 1. The Hall–Kier alpha value is -1.06. The SMILES string of the molecule is Cc1cccc(N2CCN(CC3CCNC3)CC2)c1. The fraction of sp³-hybridized carbons (Fsp3) is 0.625. The first-order valence-electron chi connectivity index (χ1n) is 7.56. The summed E-state index contributed by atoms with van der Waals surface area (Å²) in [6.07, 6.45) is 1.36. The number of piperazine rings is 1. The maximum absolute atomic E-state index is 3.47. The summed E-state index contributed by atoms with van der Waals surface area (Å²) >= 11 is 0. The van der Waals surface area contributed by atoms with Crippen LogP contribution in [0.3, 0.4) is 0 Å². The summed E-state index contributed by atoms with van der Waals surface area (Å²) in [5, 5.41) is 3.47. The van der Waals surface area contributed by atoms with Gasteiger partial charge in [-0.1, -0.05) is 12.1 Å². The summed E-state index contributed by atoms with van der Waals surface area (Å²) in [6, 6.07) is 8.88. The van der Waals surface area contributed by atoms with Crippen LogP contribution in [0.15, 0.2) is 24.3 Å². The molecule has 0 aromatic heterocycles. The van der Waals surface area contributed by atoms with Crippen LogP contribution in [-0.4, -0.2) is 50.7 Å². The van der Waals surface area contributed by atoms with E-state index in [9.17, 15) is 0 Å². The highest BCUT2D eigenvalue weighted by atomic mass is 15.3. The number of nitrogens with zero attached hydrogens (tertiary/aromatic N) is 2. The van der Waals surface area contributed by atoms with Gasteiger partial charge < -0.3 is 10.2 Å². The zero-order valence-electron chi connectivity index (χ0n) is 11.9. The maximum atomic E-state index is 3.47. The average Bonchev–Trinajstić information content (AvgIpc) is 2.92. The summed E-state index contributed by atoms with van der Waals surface area (Å²) in [5.41, 5.74) is 2.75. The highest BCUT2D eigenvalue weighted by Gasteiger charge is 2.22. The normalized spacial score (nSPS) is 24.9. The summed E-state index contributed by atoms with van der Waals surface area (Å²) in [5.74, 6) is 0.880. The smallest absolute Gasteiger partial charge is 0.0369 e. The molecular weight excluding hydrogens is 234 g/mol. The summed E-state index contributed by atoms with van der Waals surface area (Å²) in [7, 11) is 0. The molecule has 2 aliphatic rings. The fourth-order valence-electron chi connectivity index (χ4n) is 3.25. The Morgan fingerprint density at radius 1 is 1.21 bits per heavy atom. The van der Waals surface area contributed by atoms with Gasteiger partial charge in [0.2, 0.25) is 0 Å². The van der Waals surface area contributed by atoms with Crippen molar-refractivity contribution in [2.24, 2.45) is 5.92 Å². The second-order valence-electron chi connectivity index (χ2n) is 5.99. The van der Waals surface area contributed by atoms with Crippen LogP contribution in [0.2, 0.25) is 0 Å². The van der Waals surface area contributed by atoms with Crippen LogP contribution in [0.5, 0.6) is 0 Å². The quantitative estimate of drug-likeness (QED) is 0.892. The molecule has 2 fully saturated rings. The lowest BCUT2D eigenvalue weighted by molar-refractivity contribution is 0.225. The van der Waals surface area contributed by atoms with E-state index in [4.69, 9.17) is 0 Å². The van der Waals surface area contributed by atoms with Crippen molar-refractivity contribution in [1.29, 1.82) is 0 Å². The van der Waals surface area contributed by atoms with E-state index in [1.165, 1.54) is 63.5 Å². The van der Waals surface area contributed by atoms with Crippen LogP contribution in [0, 0.1) is 12.8 Å². The molecule has 0 amide bonds. The molecule has 2 heterocycles. The van der Waals surface area contributed by atoms with Crippen molar-refractivity contribution in [3.8, 4) is 0 Å². The van der Waals surface area contributed by atoms with E-state index in [0.717, 1.165) is 5.92 Å². The zero-order chi connectivity index (χ0) is 13.1. The Morgan fingerprint density at radius 3 is 2.74 bits per heavy atom. The third-order valence-electron chi connectivity index (χ3n) is 4.42. The zero-order valence-corrected chi connectivity index (χ0v) is 11.9. The van der Waals surface area contributed by atoms with E-state index >= 15 is 0 Å². The van der Waals surface area contributed by atoms with Gasteiger partial charge in [0.25, 0.3) is 0 Å². The lowest BCUT2D eigenvalue weighted by Gasteiger charge is -2.37. The van der Waals surface area contributed by atoms with Crippen molar-refractivity contribution in [3.05, 3.63) is 29.8 Å². The second kappa shape index (κ2) is 5.93. The predicted molar refractivity (Wildman–Crippen MR) is 80.8 cm³/mol. The minimum atomic E-state index is 0.880. The number of rotatable bonds is 3. The Balaban J connectivity index is 1.51. The van der Waals surface area contributed by atoms with Crippen molar-refractivity contribution in [2.75, 3.05) is 50.7 Å². The molecule has 0 saturated carbocycles. The molecule has 1 unspecified atom stereocenters. The molecule has 0 spiro atoms. The Morgan fingerprint density at radius 2 is 2.05 bits per heavy atom. The second-order valence-corrected chi connectivity index (χ2v) is 5.99. The van der Waals surface area contributed by atoms with Gasteiger partial charge in [-0.05, 0) is 50.0 Å². The van der Waals surface area contributed by atoms with Gasteiger partial charge in [-0.15, -0.1) is 0 Å². The molecule has 1 N–H and O–H groups in total. The molecule has 0 aliphatic carbocycles. The first kappa shape index (κ1) is 12.9. The maximum Gasteiger partial charge on any atom is 0.0369 e. The summed E-state index contributed by atoms with van der Waals surface area (Å²) in [6.45, 7) is 10.7. The molecule has 1 aromatic rings. The van der Waals surface area contributed by atoms with Gasteiger partial charge in [-0.3, -0.25) is 4.90 Å². The van der Waals surface area contributed by atoms with Crippen molar-refractivity contribution < 1.29 is 0 Å². The number of hydrogen-bond acceptors (Lipinski definition) is 3. The minimum absolute atomic E-state index is 0.880. The Labute approximate surface area is 116 Å². The monoisotopic (exact) mass is 259 g/mol. The highest BCUT2D eigenvalue weighted by molar-refractivity contribution is 5.48. The third-order valence-corrected chi connectivity index (χ3v) is 4.42. The van der Waals surface area contributed by atoms with Gasteiger partial charge in [0.1, 0.15) is 0 Å². The lowest BCUT2D eigenvalue weighted by atomic mass is 10.1. The van der Waals surface area contributed by atoms with Crippen molar-refractivity contribution in [3.63, 3.8) is 0 Å². The van der Waals surface area contributed by atoms with E-state index in [0.29, 0.717) is 0 Å². The third kappa shape index (κ3) is 3.28. The van der Waals surface area contributed by atoms with E-state index < -0.39 is 0 Å². The topological polar surface area (TPSA) is 18.5 Å². The first-order chi connectivity index (χ1) is 9.31. The molecule has 104 valence electrons. The Bertz CT molecular complexity index is 404. The molecule has 2 aliphatic heterocycles. The average molecular weight is 259 g/mol. The van der Waals surface area contributed by atoms with Crippen molar-refractivity contribution in [2.45, 2.75) is 13.3 Å². The number of anilines is 1. The highest BCUT2D eigenvalue weighted by Crippen LogP contribution is 2.19. The number of aryl methyl sites for hydroxylation is 1. The summed E-state index contributed by atoms with van der Waals surface area (Å²) < 4.78 is 0. The molecule has 1 aromatic carbocycles. The van der Waals surface area contributed by atoms with E-state index in [1.54, 1.807) is 0 Å². The molecule has 2 saturated heterocycles. The van der Waals surface area contributed by atoms with E-state index in [2.05, 4.69) is 46.3 Å². The molecule has 0 bridgehead atoms. The van der Waals surface area contributed by atoms with Gasteiger partial charge in [0, 0.05) is 38.4 Å². The molecule has 3 rings (SSSR count). The van der Waals surface area contributed by atoms with Gasteiger partial charge in [0.05, 0.1) is 0 Å². The van der Waals surface area contributed by atoms with Crippen molar-refractivity contribution in [1.82, 2.24) is 10.2 Å².